The molecular formula is C2H6CoFeN2O. The number of amides is 2. The van der Waals surface area contributed by atoms with E-state index in [1.807, 2.05) is 0 Å². The summed E-state index contributed by atoms with van der Waals surface area (Å²) in [6, 6.07) is -0.495. The van der Waals surface area contributed by atoms with Crippen LogP contribution in [0.15, 0.2) is 0 Å². The smallest absolute Gasteiger partial charge is 0.311 e. The van der Waals surface area contributed by atoms with Gasteiger partial charge in [-0.3, -0.25) is 0 Å². The third kappa shape index (κ3) is 22.0. The van der Waals surface area contributed by atoms with Crippen LogP contribution < -0.4 is 11.1 Å². The molecule has 0 spiro atoms. The van der Waals surface area contributed by atoms with E-state index in [0.29, 0.717) is 0 Å². The molecule has 0 unspecified atom stereocenters. The SMILES string of the molecule is CNC(N)=O.[Co].[Fe]. The maximum Gasteiger partial charge on any atom is 0.311 e. The van der Waals surface area contributed by atoms with Gasteiger partial charge in [0, 0.05) is 40.9 Å². The molecular weight excluding hydrogens is 183 g/mol. The summed E-state index contributed by atoms with van der Waals surface area (Å²) in [7, 11) is 1.47. The molecule has 5 heteroatoms. The molecule has 2 amide bonds. The minimum absolute atomic E-state index is 0. The number of carbonyl (C=O) groups excluding carboxylic acids is 1. The molecule has 3 nitrogen and oxygen atoms in total. The molecule has 7 heavy (non-hydrogen) atoms. The van der Waals surface area contributed by atoms with Gasteiger partial charge in [-0.2, -0.15) is 0 Å². The number of urea groups is 1. The van der Waals surface area contributed by atoms with Crippen molar-refractivity contribution < 1.29 is 38.6 Å². The molecule has 47 valence electrons. The zero-order chi connectivity index (χ0) is 4.28. The average Bonchev–Trinajstić information content (AvgIpc) is 1.38. The fraction of sp³-hybridized carbons (Fsp3) is 0.500. The van der Waals surface area contributed by atoms with Crippen molar-refractivity contribution in [1.82, 2.24) is 5.32 Å². The molecule has 0 fully saturated rings. The first kappa shape index (κ1) is 15.7. The number of hydrogen-bond acceptors (Lipinski definition) is 1. The van der Waals surface area contributed by atoms with Crippen molar-refractivity contribution in [2.75, 3.05) is 7.05 Å². The van der Waals surface area contributed by atoms with Crippen molar-refractivity contribution >= 4 is 6.03 Å². The van der Waals surface area contributed by atoms with Gasteiger partial charge in [-0.15, -0.1) is 0 Å². The molecule has 1 radical (unpaired) electrons. The second-order valence-electron chi connectivity index (χ2n) is 0.614. The second kappa shape index (κ2) is 9.57. The van der Waals surface area contributed by atoms with Crippen LogP contribution >= 0.6 is 0 Å². The van der Waals surface area contributed by atoms with Gasteiger partial charge in [-0.05, 0) is 0 Å². The summed E-state index contributed by atoms with van der Waals surface area (Å²) >= 11 is 0. The van der Waals surface area contributed by atoms with Crippen LogP contribution in [-0.4, -0.2) is 13.1 Å². The fourth-order valence-electron chi connectivity index (χ4n) is 0. The third-order valence-corrected chi connectivity index (χ3v) is 0.246. The molecule has 0 aliphatic rings. The van der Waals surface area contributed by atoms with Gasteiger partial charge in [0.15, 0.2) is 0 Å². The number of hydrogen-bond donors (Lipinski definition) is 2. The van der Waals surface area contributed by atoms with Gasteiger partial charge < -0.3 is 11.1 Å². The Balaban J connectivity index is -0.0000000800. The Morgan fingerprint density at radius 3 is 1.86 bits per heavy atom. The summed E-state index contributed by atoms with van der Waals surface area (Å²) in [5.74, 6) is 0. The van der Waals surface area contributed by atoms with E-state index in [-0.39, 0.29) is 33.8 Å². The first-order valence-electron chi connectivity index (χ1n) is 1.24. The standard InChI is InChI=1S/C2H6N2O.Co.Fe/c1-4-2(3)5;;/h1H3,(H3,3,4,5);;. The Morgan fingerprint density at radius 1 is 1.71 bits per heavy atom. The normalized spacial score (nSPS) is 4.71. The average molecular weight is 189 g/mol. The first-order valence-corrected chi connectivity index (χ1v) is 1.24. The number of nitrogens with one attached hydrogen (secondary N) is 1. The summed E-state index contributed by atoms with van der Waals surface area (Å²) in [4.78, 5) is 9.48. The summed E-state index contributed by atoms with van der Waals surface area (Å²) in [6.45, 7) is 0. The predicted octanol–water partition coefficient (Wildman–Crippen LogP) is -0.720. The van der Waals surface area contributed by atoms with Crippen molar-refractivity contribution in [3.8, 4) is 0 Å². The molecule has 0 saturated heterocycles. The van der Waals surface area contributed by atoms with Crippen LogP contribution in [0.25, 0.3) is 0 Å². The topological polar surface area (TPSA) is 55.1 Å². The summed E-state index contributed by atoms with van der Waals surface area (Å²) < 4.78 is 0. The first-order chi connectivity index (χ1) is 2.27. The van der Waals surface area contributed by atoms with E-state index in [2.05, 4.69) is 11.1 Å². The quantitative estimate of drug-likeness (QED) is 0.485. The number of nitrogens with two attached hydrogens (primary N) is 1. The molecule has 0 rings (SSSR count). The van der Waals surface area contributed by atoms with E-state index in [4.69, 9.17) is 0 Å². The Kier molecular flexibility index (Phi) is 21.4. The zero-order valence-electron chi connectivity index (χ0n) is 3.67. The monoisotopic (exact) mass is 189 g/mol. The molecule has 0 aromatic carbocycles. The molecule has 0 atom stereocenters. The van der Waals surface area contributed by atoms with Gasteiger partial charge in [0.1, 0.15) is 0 Å². The van der Waals surface area contributed by atoms with Crippen molar-refractivity contribution in [2.24, 2.45) is 5.73 Å². The van der Waals surface area contributed by atoms with Gasteiger partial charge in [-0.1, -0.05) is 0 Å². The van der Waals surface area contributed by atoms with Crippen LogP contribution in [0.3, 0.4) is 0 Å². The molecule has 0 bridgehead atoms. The van der Waals surface area contributed by atoms with E-state index in [9.17, 15) is 4.79 Å². The number of rotatable bonds is 0. The van der Waals surface area contributed by atoms with E-state index >= 15 is 0 Å². The van der Waals surface area contributed by atoms with Crippen molar-refractivity contribution in [3.63, 3.8) is 0 Å². The molecule has 0 aliphatic carbocycles. The Morgan fingerprint density at radius 2 is 1.86 bits per heavy atom. The Hall–Kier alpha value is 0.296. The largest absolute Gasteiger partial charge is 0.352 e. The molecule has 3 N–H and O–H groups in total. The molecule has 0 aromatic rings. The molecule has 0 saturated carbocycles. The third-order valence-electron chi connectivity index (χ3n) is 0.246. The fourth-order valence-corrected chi connectivity index (χ4v) is 0. The molecule has 0 aliphatic heterocycles. The summed E-state index contributed by atoms with van der Waals surface area (Å²) in [5.41, 5.74) is 4.54. The van der Waals surface area contributed by atoms with Gasteiger partial charge in [0.2, 0.25) is 0 Å². The van der Waals surface area contributed by atoms with Gasteiger partial charge in [0.25, 0.3) is 0 Å². The van der Waals surface area contributed by atoms with Crippen LogP contribution in [-0.2, 0) is 33.8 Å². The minimum atomic E-state index is -0.495. The summed E-state index contributed by atoms with van der Waals surface area (Å²) in [6.07, 6.45) is 0. The van der Waals surface area contributed by atoms with Crippen LogP contribution in [0.5, 0.6) is 0 Å². The van der Waals surface area contributed by atoms with Crippen molar-refractivity contribution in [2.45, 2.75) is 0 Å². The van der Waals surface area contributed by atoms with E-state index in [1.54, 1.807) is 0 Å². The van der Waals surface area contributed by atoms with E-state index in [1.165, 1.54) is 7.05 Å². The van der Waals surface area contributed by atoms with Crippen LogP contribution in [0, 0.1) is 0 Å². The van der Waals surface area contributed by atoms with E-state index in [0.717, 1.165) is 0 Å². The maximum absolute atomic E-state index is 9.48. The molecule has 0 heterocycles. The maximum atomic E-state index is 9.48. The Labute approximate surface area is 63.1 Å². The van der Waals surface area contributed by atoms with Crippen LogP contribution in [0.2, 0.25) is 0 Å². The van der Waals surface area contributed by atoms with Crippen LogP contribution in [0.1, 0.15) is 0 Å². The molecule has 0 aromatic heterocycles. The van der Waals surface area contributed by atoms with Gasteiger partial charge in [0.05, 0.1) is 0 Å². The summed E-state index contributed by atoms with van der Waals surface area (Å²) in [5, 5.41) is 2.17. The van der Waals surface area contributed by atoms with Gasteiger partial charge in [-0.25, -0.2) is 4.79 Å². The predicted molar refractivity (Wildman–Crippen MR) is 18.6 cm³/mol. The number of carbonyl (C=O) groups is 1. The van der Waals surface area contributed by atoms with Crippen molar-refractivity contribution in [1.29, 1.82) is 0 Å². The second-order valence-corrected chi connectivity index (χ2v) is 0.614. The number of primary amides is 1. The Bertz CT molecular complexity index is 51.0. The van der Waals surface area contributed by atoms with Crippen molar-refractivity contribution in [3.05, 3.63) is 0 Å². The zero-order valence-corrected chi connectivity index (χ0v) is 5.82. The van der Waals surface area contributed by atoms with E-state index < -0.39 is 6.03 Å². The van der Waals surface area contributed by atoms with Crippen LogP contribution in [0.4, 0.5) is 4.79 Å². The van der Waals surface area contributed by atoms with Gasteiger partial charge >= 0.3 is 6.03 Å². The minimum Gasteiger partial charge on any atom is -0.352 e.